The minimum atomic E-state index is 0.178. The molecule has 0 unspecified atom stereocenters. The van der Waals surface area contributed by atoms with Crippen molar-refractivity contribution in [3.05, 3.63) is 17.5 Å². The quantitative estimate of drug-likeness (QED) is 0.836. The smallest absolute Gasteiger partial charge is 0.257 e. The van der Waals surface area contributed by atoms with Crippen molar-refractivity contribution in [1.82, 2.24) is 14.7 Å². The van der Waals surface area contributed by atoms with Crippen molar-refractivity contribution >= 4 is 5.91 Å². The molecule has 1 aliphatic rings. The summed E-state index contributed by atoms with van der Waals surface area (Å²) in [7, 11) is 0. The number of hydrogen-bond donors (Lipinski definition) is 0. The summed E-state index contributed by atoms with van der Waals surface area (Å²) >= 11 is 0. The van der Waals surface area contributed by atoms with Crippen LogP contribution in [0.15, 0.2) is 6.20 Å². The minimum absolute atomic E-state index is 0.178. The van der Waals surface area contributed by atoms with E-state index < -0.39 is 0 Å². The molecule has 0 saturated carbocycles. The van der Waals surface area contributed by atoms with E-state index in [2.05, 4.69) is 37.7 Å². The number of nitrogens with zero attached hydrogens (tertiary/aromatic N) is 3. The van der Waals surface area contributed by atoms with E-state index in [1.54, 1.807) is 6.20 Å². The van der Waals surface area contributed by atoms with E-state index in [-0.39, 0.29) is 11.9 Å². The summed E-state index contributed by atoms with van der Waals surface area (Å²) in [6.07, 6.45) is 7.60. The number of carbonyl (C=O) groups is 1. The van der Waals surface area contributed by atoms with Gasteiger partial charge in [0.2, 0.25) is 0 Å². The van der Waals surface area contributed by atoms with Crippen LogP contribution in [0.4, 0.5) is 0 Å². The lowest BCUT2D eigenvalue weighted by Crippen LogP contribution is -2.41. The Kier molecular flexibility index (Phi) is 5.65. The molecule has 0 N–H and O–H groups in total. The number of aromatic nitrogens is 2. The third-order valence-electron chi connectivity index (χ3n) is 4.65. The van der Waals surface area contributed by atoms with Gasteiger partial charge in [0.05, 0.1) is 11.8 Å². The maximum absolute atomic E-state index is 13.1. The maximum Gasteiger partial charge on any atom is 0.257 e. The summed E-state index contributed by atoms with van der Waals surface area (Å²) in [5.74, 6) is 0.801. The van der Waals surface area contributed by atoms with Crippen LogP contribution >= 0.6 is 0 Å². The summed E-state index contributed by atoms with van der Waals surface area (Å²) in [6.45, 7) is 11.6. The molecule has 0 spiro atoms. The molecule has 124 valence electrons. The second-order valence-electron chi connectivity index (χ2n) is 7.31. The third kappa shape index (κ3) is 3.71. The second-order valence-corrected chi connectivity index (χ2v) is 7.31. The number of rotatable bonds is 4. The van der Waals surface area contributed by atoms with Gasteiger partial charge in [-0.25, -0.2) is 0 Å². The minimum Gasteiger partial charge on any atom is -0.336 e. The van der Waals surface area contributed by atoms with Gasteiger partial charge in [0.1, 0.15) is 0 Å². The van der Waals surface area contributed by atoms with Gasteiger partial charge in [-0.1, -0.05) is 26.7 Å². The summed E-state index contributed by atoms with van der Waals surface area (Å²) in [4.78, 5) is 15.2. The van der Waals surface area contributed by atoms with Crippen molar-refractivity contribution < 1.29 is 4.79 Å². The van der Waals surface area contributed by atoms with Crippen LogP contribution in [0, 0.1) is 12.8 Å². The van der Waals surface area contributed by atoms with Gasteiger partial charge in [-0.2, -0.15) is 5.10 Å². The molecule has 0 radical (unpaired) electrons. The predicted octanol–water partition coefficient (Wildman–Crippen LogP) is 4.20. The molecule has 1 aromatic heterocycles. The highest BCUT2D eigenvalue weighted by Crippen LogP contribution is 2.25. The van der Waals surface area contributed by atoms with Crippen LogP contribution in [-0.4, -0.2) is 33.2 Å². The molecule has 4 heteroatoms. The number of hydrogen-bond acceptors (Lipinski definition) is 2. The van der Waals surface area contributed by atoms with E-state index >= 15 is 0 Å². The Morgan fingerprint density at radius 3 is 2.59 bits per heavy atom. The monoisotopic (exact) mass is 305 g/mol. The SMILES string of the molecule is Cc1c(C(=O)N2CCCCC[C@H]2CC(C)C)cnn1C(C)C. The Bertz CT molecular complexity index is 504. The highest BCUT2D eigenvalue weighted by Gasteiger charge is 2.29. The second kappa shape index (κ2) is 7.30. The van der Waals surface area contributed by atoms with Crippen molar-refractivity contribution in [3.63, 3.8) is 0 Å². The van der Waals surface area contributed by atoms with E-state index in [9.17, 15) is 4.79 Å². The predicted molar refractivity (Wildman–Crippen MR) is 90.1 cm³/mol. The first-order chi connectivity index (χ1) is 10.4. The molecule has 4 nitrogen and oxygen atoms in total. The highest BCUT2D eigenvalue weighted by atomic mass is 16.2. The van der Waals surface area contributed by atoms with Crippen LogP contribution in [0.25, 0.3) is 0 Å². The van der Waals surface area contributed by atoms with Crippen molar-refractivity contribution in [2.75, 3.05) is 6.54 Å². The van der Waals surface area contributed by atoms with E-state index in [0.717, 1.165) is 37.1 Å². The van der Waals surface area contributed by atoms with Gasteiger partial charge in [0, 0.05) is 24.3 Å². The molecule has 1 amide bonds. The van der Waals surface area contributed by atoms with Crippen LogP contribution in [0.1, 0.15) is 81.9 Å². The molecule has 1 aliphatic heterocycles. The molecular formula is C18H31N3O. The molecular weight excluding hydrogens is 274 g/mol. The number of carbonyl (C=O) groups excluding carboxylic acids is 1. The zero-order valence-electron chi connectivity index (χ0n) is 14.8. The van der Waals surface area contributed by atoms with Crippen molar-refractivity contribution in [2.45, 2.75) is 78.8 Å². The molecule has 1 aromatic rings. The first-order valence-corrected chi connectivity index (χ1v) is 8.76. The van der Waals surface area contributed by atoms with Crippen LogP contribution in [0.5, 0.6) is 0 Å². The molecule has 0 aromatic carbocycles. The van der Waals surface area contributed by atoms with Crippen LogP contribution in [-0.2, 0) is 0 Å². The molecule has 2 heterocycles. The molecule has 1 fully saturated rings. The van der Waals surface area contributed by atoms with Gasteiger partial charge in [0.15, 0.2) is 0 Å². The van der Waals surface area contributed by atoms with Gasteiger partial charge in [-0.05, 0) is 46.0 Å². The van der Waals surface area contributed by atoms with Gasteiger partial charge in [-0.15, -0.1) is 0 Å². The van der Waals surface area contributed by atoms with Crippen molar-refractivity contribution in [3.8, 4) is 0 Å². The van der Waals surface area contributed by atoms with E-state index in [0.29, 0.717) is 12.0 Å². The van der Waals surface area contributed by atoms with Crippen LogP contribution in [0.2, 0.25) is 0 Å². The standard InChI is InChI=1S/C18H31N3O/c1-13(2)11-16-9-7-6-8-10-20(16)18(22)17-12-19-21(14(3)4)15(17)5/h12-14,16H,6-11H2,1-5H3/t16-/m0/s1. The Morgan fingerprint density at radius 1 is 1.27 bits per heavy atom. The Labute approximate surface area is 134 Å². The zero-order chi connectivity index (χ0) is 16.3. The van der Waals surface area contributed by atoms with E-state index in [1.165, 1.54) is 12.8 Å². The fourth-order valence-corrected chi connectivity index (χ4v) is 3.54. The van der Waals surface area contributed by atoms with Gasteiger partial charge in [-0.3, -0.25) is 9.48 Å². The number of amides is 1. The fourth-order valence-electron chi connectivity index (χ4n) is 3.54. The Morgan fingerprint density at radius 2 is 2.00 bits per heavy atom. The Balaban J connectivity index is 2.24. The summed E-state index contributed by atoms with van der Waals surface area (Å²) in [5.41, 5.74) is 1.77. The topological polar surface area (TPSA) is 38.1 Å². The lowest BCUT2D eigenvalue weighted by molar-refractivity contribution is 0.0660. The normalized spacial score (nSPS) is 19.8. The number of likely N-dealkylation sites (tertiary alicyclic amines) is 1. The van der Waals surface area contributed by atoms with Gasteiger partial charge >= 0.3 is 0 Å². The lowest BCUT2D eigenvalue weighted by Gasteiger charge is -2.31. The average molecular weight is 305 g/mol. The van der Waals surface area contributed by atoms with Crippen LogP contribution < -0.4 is 0 Å². The highest BCUT2D eigenvalue weighted by molar-refractivity contribution is 5.95. The van der Waals surface area contributed by atoms with Gasteiger partial charge < -0.3 is 4.90 Å². The van der Waals surface area contributed by atoms with Crippen molar-refractivity contribution in [2.24, 2.45) is 5.92 Å². The molecule has 1 saturated heterocycles. The van der Waals surface area contributed by atoms with E-state index in [1.807, 2.05) is 11.6 Å². The average Bonchev–Trinajstić information content (AvgIpc) is 2.67. The zero-order valence-corrected chi connectivity index (χ0v) is 14.8. The molecule has 2 rings (SSSR count). The largest absolute Gasteiger partial charge is 0.336 e. The Hall–Kier alpha value is -1.32. The molecule has 0 bridgehead atoms. The first kappa shape index (κ1) is 17.0. The first-order valence-electron chi connectivity index (χ1n) is 8.76. The summed E-state index contributed by atoms with van der Waals surface area (Å²) in [6, 6.07) is 0.675. The molecule has 22 heavy (non-hydrogen) atoms. The van der Waals surface area contributed by atoms with Crippen LogP contribution in [0.3, 0.4) is 0 Å². The third-order valence-corrected chi connectivity index (χ3v) is 4.65. The molecule has 0 aliphatic carbocycles. The van der Waals surface area contributed by atoms with Gasteiger partial charge in [0.25, 0.3) is 5.91 Å². The fraction of sp³-hybridized carbons (Fsp3) is 0.778. The summed E-state index contributed by atoms with van der Waals surface area (Å²) in [5, 5.41) is 4.41. The van der Waals surface area contributed by atoms with E-state index in [4.69, 9.17) is 0 Å². The summed E-state index contributed by atoms with van der Waals surface area (Å²) < 4.78 is 1.95. The molecule has 1 atom stereocenters. The maximum atomic E-state index is 13.1. The lowest BCUT2D eigenvalue weighted by atomic mass is 9.98. The van der Waals surface area contributed by atoms with Crippen molar-refractivity contribution in [1.29, 1.82) is 0 Å².